The number of nitrogens with zero attached hydrogens (tertiary/aromatic N) is 1. The second-order valence-electron chi connectivity index (χ2n) is 6.77. The molecule has 4 nitrogen and oxygen atoms in total. The zero-order chi connectivity index (χ0) is 16.4. The minimum atomic E-state index is -0.321. The van der Waals surface area contributed by atoms with Gasteiger partial charge in [-0.25, -0.2) is 4.39 Å². The summed E-state index contributed by atoms with van der Waals surface area (Å²) in [6, 6.07) is 6.39. The SMILES string of the molecule is CC1CCN(C(=O)C2CC2C(=O)NCc2ccccc2F)CC1. The number of carbonyl (C=O) groups is 2. The van der Waals surface area contributed by atoms with Gasteiger partial charge in [-0.05, 0) is 31.2 Å². The highest BCUT2D eigenvalue weighted by molar-refractivity contribution is 5.92. The van der Waals surface area contributed by atoms with Gasteiger partial charge in [0.15, 0.2) is 0 Å². The zero-order valence-corrected chi connectivity index (χ0v) is 13.4. The summed E-state index contributed by atoms with van der Waals surface area (Å²) in [7, 11) is 0. The molecular weight excluding hydrogens is 295 g/mol. The molecule has 2 atom stereocenters. The predicted octanol–water partition coefficient (Wildman–Crippen LogP) is 2.34. The number of benzene rings is 1. The van der Waals surface area contributed by atoms with Crippen LogP contribution in [0.4, 0.5) is 4.39 Å². The number of rotatable bonds is 4. The van der Waals surface area contributed by atoms with Crippen LogP contribution in [0.5, 0.6) is 0 Å². The third-order valence-corrected chi connectivity index (χ3v) is 4.95. The van der Waals surface area contributed by atoms with Gasteiger partial charge in [0.05, 0.1) is 11.8 Å². The van der Waals surface area contributed by atoms with E-state index in [1.54, 1.807) is 18.2 Å². The molecule has 2 aliphatic rings. The molecule has 0 radical (unpaired) electrons. The number of hydrogen-bond acceptors (Lipinski definition) is 2. The molecule has 124 valence electrons. The van der Waals surface area contributed by atoms with E-state index in [1.165, 1.54) is 6.07 Å². The summed E-state index contributed by atoms with van der Waals surface area (Å²) >= 11 is 0. The summed E-state index contributed by atoms with van der Waals surface area (Å²) < 4.78 is 13.5. The van der Waals surface area contributed by atoms with Crippen LogP contribution >= 0.6 is 0 Å². The molecule has 1 aliphatic carbocycles. The highest BCUT2D eigenvalue weighted by Gasteiger charge is 2.49. The van der Waals surface area contributed by atoms with Crippen LogP contribution in [0.3, 0.4) is 0 Å². The molecule has 1 aliphatic heterocycles. The van der Waals surface area contributed by atoms with E-state index in [9.17, 15) is 14.0 Å². The van der Waals surface area contributed by atoms with Crippen molar-refractivity contribution in [2.75, 3.05) is 13.1 Å². The minimum Gasteiger partial charge on any atom is -0.352 e. The van der Waals surface area contributed by atoms with Crippen molar-refractivity contribution in [3.05, 3.63) is 35.6 Å². The van der Waals surface area contributed by atoms with Gasteiger partial charge in [-0.3, -0.25) is 9.59 Å². The molecule has 5 heteroatoms. The van der Waals surface area contributed by atoms with Crippen molar-refractivity contribution in [1.29, 1.82) is 0 Å². The molecule has 1 saturated heterocycles. The van der Waals surface area contributed by atoms with Gasteiger partial charge in [0, 0.05) is 25.2 Å². The van der Waals surface area contributed by atoms with E-state index in [1.807, 2.05) is 4.90 Å². The Kier molecular flexibility index (Phi) is 4.64. The summed E-state index contributed by atoms with van der Waals surface area (Å²) in [5.74, 6) is -0.0886. The van der Waals surface area contributed by atoms with E-state index < -0.39 is 0 Å². The van der Waals surface area contributed by atoms with Crippen molar-refractivity contribution < 1.29 is 14.0 Å². The lowest BCUT2D eigenvalue weighted by molar-refractivity contribution is -0.135. The maximum absolute atomic E-state index is 13.5. The Bertz CT molecular complexity index is 596. The first-order valence-electron chi connectivity index (χ1n) is 8.36. The molecular formula is C18H23FN2O2. The molecule has 3 rings (SSSR count). The number of halogens is 1. The lowest BCUT2D eigenvalue weighted by Gasteiger charge is -2.30. The number of piperidine rings is 1. The van der Waals surface area contributed by atoms with Crippen LogP contribution in [0.1, 0.15) is 31.7 Å². The molecule has 1 saturated carbocycles. The predicted molar refractivity (Wildman–Crippen MR) is 84.8 cm³/mol. The summed E-state index contributed by atoms with van der Waals surface area (Å²) in [5, 5.41) is 2.75. The van der Waals surface area contributed by atoms with Crippen molar-refractivity contribution in [1.82, 2.24) is 10.2 Å². The number of likely N-dealkylation sites (tertiary alicyclic amines) is 1. The topological polar surface area (TPSA) is 49.4 Å². The quantitative estimate of drug-likeness (QED) is 0.926. The van der Waals surface area contributed by atoms with E-state index in [-0.39, 0.29) is 36.0 Å². The molecule has 1 aromatic carbocycles. The van der Waals surface area contributed by atoms with Gasteiger partial charge < -0.3 is 10.2 Å². The van der Waals surface area contributed by atoms with Crippen LogP contribution in [0.2, 0.25) is 0 Å². The van der Waals surface area contributed by atoms with E-state index in [4.69, 9.17) is 0 Å². The maximum atomic E-state index is 13.5. The largest absolute Gasteiger partial charge is 0.352 e. The van der Waals surface area contributed by atoms with Crippen LogP contribution in [0, 0.1) is 23.6 Å². The average Bonchev–Trinajstić information content (AvgIpc) is 3.34. The second-order valence-corrected chi connectivity index (χ2v) is 6.77. The van der Waals surface area contributed by atoms with Crippen molar-refractivity contribution in [3.63, 3.8) is 0 Å². The standard InChI is InChI=1S/C18H23FN2O2/c1-12-6-8-21(9-7-12)18(23)15-10-14(15)17(22)20-11-13-4-2-3-5-16(13)19/h2-5,12,14-15H,6-11H2,1H3,(H,20,22). The Hall–Kier alpha value is -1.91. The Balaban J connectivity index is 1.47. The Morgan fingerprint density at radius 1 is 1.22 bits per heavy atom. The second kappa shape index (κ2) is 6.69. The highest BCUT2D eigenvalue weighted by Crippen LogP contribution is 2.40. The fourth-order valence-corrected chi connectivity index (χ4v) is 3.18. The van der Waals surface area contributed by atoms with Gasteiger partial charge in [-0.1, -0.05) is 25.1 Å². The Morgan fingerprint density at radius 3 is 2.61 bits per heavy atom. The number of nitrogens with one attached hydrogen (secondary N) is 1. The first-order chi connectivity index (χ1) is 11.1. The fourth-order valence-electron chi connectivity index (χ4n) is 3.18. The van der Waals surface area contributed by atoms with E-state index in [0.717, 1.165) is 25.9 Å². The highest BCUT2D eigenvalue weighted by atomic mass is 19.1. The van der Waals surface area contributed by atoms with E-state index >= 15 is 0 Å². The van der Waals surface area contributed by atoms with Gasteiger partial charge >= 0.3 is 0 Å². The third kappa shape index (κ3) is 3.71. The summed E-state index contributed by atoms with van der Waals surface area (Å²) in [5.41, 5.74) is 0.467. The summed E-state index contributed by atoms with van der Waals surface area (Å²) in [6.07, 6.45) is 2.71. The average molecular weight is 318 g/mol. The van der Waals surface area contributed by atoms with Crippen molar-refractivity contribution in [2.45, 2.75) is 32.7 Å². The van der Waals surface area contributed by atoms with Gasteiger partial charge in [-0.15, -0.1) is 0 Å². The number of hydrogen-bond donors (Lipinski definition) is 1. The summed E-state index contributed by atoms with van der Waals surface area (Å²) in [4.78, 5) is 26.4. The molecule has 23 heavy (non-hydrogen) atoms. The maximum Gasteiger partial charge on any atom is 0.226 e. The molecule has 1 aromatic rings. The molecule has 1 N–H and O–H groups in total. The smallest absolute Gasteiger partial charge is 0.226 e. The van der Waals surface area contributed by atoms with Gasteiger partial charge in [0.25, 0.3) is 0 Å². The van der Waals surface area contributed by atoms with E-state index in [0.29, 0.717) is 17.9 Å². The number of amides is 2. The monoisotopic (exact) mass is 318 g/mol. The van der Waals surface area contributed by atoms with Crippen molar-refractivity contribution >= 4 is 11.8 Å². The normalized spacial score (nSPS) is 24.3. The van der Waals surface area contributed by atoms with Gasteiger partial charge in [0.1, 0.15) is 5.82 Å². The Morgan fingerprint density at radius 2 is 1.91 bits per heavy atom. The Labute approximate surface area is 136 Å². The lowest BCUT2D eigenvalue weighted by atomic mass is 9.99. The van der Waals surface area contributed by atoms with E-state index in [2.05, 4.69) is 12.2 Å². The van der Waals surface area contributed by atoms with Gasteiger partial charge in [0.2, 0.25) is 11.8 Å². The zero-order valence-electron chi connectivity index (χ0n) is 13.4. The molecule has 2 fully saturated rings. The first kappa shape index (κ1) is 16.0. The fraction of sp³-hybridized carbons (Fsp3) is 0.556. The molecule has 0 aromatic heterocycles. The first-order valence-corrected chi connectivity index (χ1v) is 8.36. The molecule has 2 amide bonds. The minimum absolute atomic E-state index is 0.114. The van der Waals surface area contributed by atoms with Crippen LogP contribution in [-0.4, -0.2) is 29.8 Å². The molecule has 0 spiro atoms. The van der Waals surface area contributed by atoms with Crippen molar-refractivity contribution in [3.8, 4) is 0 Å². The van der Waals surface area contributed by atoms with Crippen LogP contribution < -0.4 is 5.32 Å². The summed E-state index contributed by atoms with van der Waals surface area (Å²) in [6.45, 7) is 3.99. The lowest BCUT2D eigenvalue weighted by Crippen LogP contribution is -2.39. The number of carbonyl (C=O) groups excluding carboxylic acids is 2. The van der Waals surface area contributed by atoms with Crippen LogP contribution in [0.25, 0.3) is 0 Å². The molecule has 1 heterocycles. The molecule has 0 bridgehead atoms. The third-order valence-electron chi connectivity index (χ3n) is 4.95. The van der Waals surface area contributed by atoms with Crippen LogP contribution in [0.15, 0.2) is 24.3 Å². The molecule has 2 unspecified atom stereocenters. The van der Waals surface area contributed by atoms with Gasteiger partial charge in [-0.2, -0.15) is 0 Å². The van der Waals surface area contributed by atoms with Crippen LogP contribution in [-0.2, 0) is 16.1 Å². The van der Waals surface area contributed by atoms with Crippen molar-refractivity contribution in [2.24, 2.45) is 17.8 Å².